The van der Waals surface area contributed by atoms with E-state index < -0.39 is 0 Å². The number of nitrogens with one attached hydrogen (secondary N) is 6. The number of aryl methyl sites for hydroxylation is 2. The molecule has 17 heteroatoms. The van der Waals surface area contributed by atoms with Crippen LogP contribution in [0.15, 0.2) is 170 Å². The standard InChI is InChI=1S/C23H25N3O.C21H20ClFN4O.C20H19ClN4O/c1-16-13-22(18(3)26(16)15-20-7-5-4-6-8-20)23(27)25-14-19-9-11-21(12-10-19)17(2)24;1-13(24)17-7-3-15(4-8-17)11-25-21(28)19-14(2)26-27(20(19)22)12-16-5-9-18(23)10-6-16;1-14(22)16-8-6-15(7-9-16)10-23-20(26)18-11-24-25(13-18)12-17-4-2-3-5-19(17)21/h4-13,24H,14-15H2,1-3H3,(H,25,27);3-10,24H,11-12H2,1-2H3,(H,25,28);2-9,11,13,22H,10,12H2,1H3,(H,23,26). The highest BCUT2D eigenvalue weighted by molar-refractivity contribution is 6.33. The molecule has 81 heavy (non-hydrogen) atoms. The number of nitrogens with zero attached hydrogens (tertiary/aromatic N) is 5. The van der Waals surface area contributed by atoms with Crippen LogP contribution in [-0.2, 0) is 39.3 Å². The first kappa shape index (κ1) is 59.6. The first-order valence-electron chi connectivity index (χ1n) is 26.0. The van der Waals surface area contributed by atoms with Gasteiger partial charge in [0.05, 0.1) is 41.7 Å². The molecule has 3 heterocycles. The smallest absolute Gasteiger partial charge is 0.256 e. The first-order chi connectivity index (χ1) is 38.8. The topological polar surface area (TPSA) is 199 Å². The van der Waals surface area contributed by atoms with Crippen molar-refractivity contribution < 1.29 is 18.8 Å². The van der Waals surface area contributed by atoms with E-state index in [0.29, 0.717) is 71.7 Å². The highest BCUT2D eigenvalue weighted by Gasteiger charge is 2.21. The zero-order valence-corrected chi connectivity index (χ0v) is 47.5. The minimum absolute atomic E-state index is 0.0604. The molecule has 3 amide bonds. The van der Waals surface area contributed by atoms with Gasteiger partial charge in [-0.1, -0.05) is 157 Å². The molecule has 14 nitrogen and oxygen atoms in total. The average Bonchev–Trinajstić information content (AvgIpc) is 4.15. The van der Waals surface area contributed by atoms with Crippen molar-refractivity contribution in [2.75, 3.05) is 0 Å². The second kappa shape index (κ2) is 28.2. The molecule has 0 bridgehead atoms. The van der Waals surface area contributed by atoms with E-state index in [-0.39, 0.29) is 28.7 Å². The Kier molecular flexibility index (Phi) is 20.8. The third kappa shape index (κ3) is 16.7. The molecule has 0 saturated carbocycles. The van der Waals surface area contributed by atoms with Crippen molar-refractivity contribution in [1.29, 1.82) is 16.2 Å². The number of amides is 3. The van der Waals surface area contributed by atoms with Crippen LogP contribution in [0.4, 0.5) is 4.39 Å². The molecule has 0 atom stereocenters. The number of halogens is 3. The predicted molar refractivity (Wildman–Crippen MR) is 320 cm³/mol. The lowest BCUT2D eigenvalue weighted by molar-refractivity contribution is 0.0942. The van der Waals surface area contributed by atoms with Crippen molar-refractivity contribution in [2.45, 2.75) is 80.8 Å². The van der Waals surface area contributed by atoms with E-state index in [0.717, 1.165) is 68.0 Å². The lowest BCUT2D eigenvalue weighted by Gasteiger charge is -2.10. The van der Waals surface area contributed by atoms with Crippen molar-refractivity contribution in [3.05, 3.63) is 270 Å². The number of hydrogen-bond acceptors (Lipinski definition) is 8. The molecular formula is C64H64Cl2FN11O3. The Hall–Kier alpha value is -9.05. The van der Waals surface area contributed by atoms with E-state index in [1.54, 1.807) is 56.9 Å². The minimum Gasteiger partial charge on any atom is -0.348 e. The lowest BCUT2D eigenvalue weighted by Crippen LogP contribution is -2.23. The van der Waals surface area contributed by atoms with Crippen LogP contribution < -0.4 is 16.0 Å². The molecule has 0 radical (unpaired) electrons. The Balaban J connectivity index is 0.000000175. The predicted octanol–water partition coefficient (Wildman–Crippen LogP) is 12.7. The quantitative estimate of drug-likeness (QED) is 0.0464. The van der Waals surface area contributed by atoms with Gasteiger partial charge in [0.15, 0.2) is 0 Å². The Morgan fingerprint density at radius 3 is 1.53 bits per heavy atom. The van der Waals surface area contributed by atoms with Gasteiger partial charge in [0.25, 0.3) is 17.7 Å². The highest BCUT2D eigenvalue weighted by Crippen LogP contribution is 2.23. The monoisotopic (exact) mass is 1120 g/mol. The molecule has 9 aromatic rings. The summed E-state index contributed by atoms with van der Waals surface area (Å²) in [4.78, 5) is 37.6. The summed E-state index contributed by atoms with van der Waals surface area (Å²) < 4.78 is 18.4. The lowest BCUT2D eigenvalue weighted by atomic mass is 10.1. The van der Waals surface area contributed by atoms with Crippen LogP contribution in [0.1, 0.15) is 119 Å². The molecule has 0 saturated heterocycles. The Bertz CT molecular complexity index is 3660. The van der Waals surface area contributed by atoms with Gasteiger partial charge in [-0.2, -0.15) is 10.2 Å². The maximum absolute atomic E-state index is 13.1. The molecule has 0 fully saturated rings. The van der Waals surface area contributed by atoms with Crippen molar-refractivity contribution in [2.24, 2.45) is 0 Å². The van der Waals surface area contributed by atoms with Gasteiger partial charge in [-0.05, 0) is 116 Å². The molecule has 6 N–H and O–H groups in total. The van der Waals surface area contributed by atoms with Crippen LogP contribution >= 0.6 is 23.2 Å². The summed E-state index contributed by atoms with van der Waals surface area (Å²) in [5.74, 6) is -0.854. The van der Waals surface area contributed by atoms with Gasteiger partial charge >= 0.3 is 0 Å². The van der Waals surface area contributed by atoms with E-state index in [4.69, 9.17) is 39.4 Å². The maximum Gasteiger partial charge on any atom is 0.256 e. The molecule has 0 spiro atoms. The van der Waals surface area contributed by atoms with Crippen molar-refractivity contribution in [3.8, 4) is 0 Å². The van der Waals surface area contributed by atoms with E-state index in [1.807, 2.05) is 135 Å². The number of aromatic nitrogens is 5. The zero-order chi connectivity index (χ0) is 58.2. The van der Waals surface area contributed by atoms with Crippen molar-refractivity contribution in [1.82, 2.24) is 40.1 Å². The van der Waals surface area contributed by atoms with Gasteiger partial charge < -0.3 is 36.7 Å². The molecule has 6 aromatic carbocycles. The van der Waals surface area contributed by atoms with Gasteiger partial charge in [0.2, 0.25) is 0 Å². The largest absolute Gasteiger partial charge is 0.348 e. The molecule has 0 unspecified atom stereocenters. The Morgan fingerprint density at radius 2 is 1.01 bits per heavy atom. The fraction of sp³-hybridized carbons (Fsp3) is 0.188. The van der Waals surface area contributed by atoms with E-state index in [2.05, 4.69) is 42.8 Å². The average molecular weight is 1130 g/mol. The second-order valence-electron chi connectivity index (χ2n) is 19.4. The molecule has 0 aliphatic heterocycles. The van der Waals surface area contributed by atoms with E-state index in [1.165, 1.54) is 22.4 Å². The van der Waals surface area contributed by atoms with Gasteiger partial charge in [0, 0.05) is 65.9 Å². The summed E-state index contributed by atoms with van der Waals surface area (Å²) in [6, 6.07) is 48.6. The third-order valence-corrected chi connectivity index (χ3v) is 14.0. The SMILES string of the molecule is CC(=N)c1ccc(CNC(=O)c2c(C)nn(Cc3ccc(F)cc3)c2Cl)cc1.CC(=N)c1ccc(CNC(=O)c2cc(C)n(Cc3ccccc3)c2C)cc1.CC(=N)c1ccc(CNC(=O)c2cnn(Cc3ccccc3Cl)c2)cc1. The fourth-order valence-electron chi connectivity index (χ4n) is 8.54. The van der Waals surface area contributed by atoms with Gasteiger partial charge in [0.1, 0.15) is 11.0 Å². The second-order valence-corrected chi connectivity index (χ2v) is 20.2. The number of carbonyl (C=O) groups excluding carboxylic acids is 3. The zero-order valence-electron chi connectivity index (χ0n) is 46.0. The summed E-state index contributed by atoms with van der Waals surface area (Å²) in [5.41, 5.74) is 14.2. The van der Waals surface area contributed by atoms with Crippen LogP contribution in [0.25, 0.3) is 0 Å². The summed E-state index contributed by atoms with van der Waals surface area (Å²) in [6.07, 6.45) is 3.26. The summed E-state index contributed by atoms with van der Waals surface area (Å²) in [6.45, 7) is 13.8. The summed E-state index contributed by atoms with van der Waals surface area (Å²) in [7, 11) is 0. The molecule has 9 rings (SSSR count). The van der Waals surface area contributed by atoms with Crippen molar-refractivity contribution >= 4 is 58.1 Å². The number of hydrogen-bond donors (Lipinski definition) is 6. The highest BCUT2D eigenvalue weighted by atomic mass is 35.5. The van der Waals surface area contributed by atoms with E-state index >= 15 is 0 Å². The summed E-state index contributed by atoms with van der Waals surface area (Å²) >= 11 is 12.5. The summed E-state index contributed by atoms with van der Waals surface area (Å²) in [5, 5.41) is 41.1. The van der Waals surface area contributed by atoms with E-state index in [9.17, 15) is 18.8 Å². The number of carbonyl (C=O) groups is 3. The van der Waals surface area contributed by atoms with Crippen LogP contribution in [0.3, 0.4) is 0 Å². The Labute approximate surface area is 481 Å². The van der Waals surface area contributed by atoms with Gasteiger partial charge in [-0.15, -0.1) is 0 Å². The van der Waals surface area contributed by atoms with Crippen LogP contribution in [0.2, 0.25) is 10.2 Å². The normalized spacial score (nSPS) is 10.6. The van der Waals surface area contributed by atoms with Crippen LogP contribution in [0, 0.1) is 42.8 Å². The third-order valence-electron chi connectivity index (χ3n) is 13.2. The van der Waals surface area contributed by atoms with Gasteiger partial charge in [-0.3, -0.25) is 19.1 Å². The van der Waals surface area contributed by atoms with Crippen molar-refractivity contribution in [3.63, 3.8) is 0 Å². The number of benzene rings is 6. The number of rotatable bonds is 18. The molecule has 0 aliphatic rings. The molecular weight excluding hydrogens is 1060 g/mol. The van der Waals surface area contributed by atoms with Gasteiger partial charge in [-0.25, -0.2) is 9.07 Å². The van der Waals surface area contributed by atoms with Crippen LogP contribution in [0.5, 0.6) is 0 Å². The molecule has 0 aliphatic carbocycles. The molecule has 3 aromatic heterocycles. The maximum atomic E-state index is 13.1. The fourth-order valence-corrected chi connectivity index (χ4v) is 9.05. The minimum atomic E-state index is -0.310. The molecule has 414 valence electrons. The van der Waals surface area contributed by atoms with Crippen LogP contribution in [-0.4, -0.2) is 59.0 Å². The first-order valence-corrected chi connectivity index (χ1v) is 26.8. The Morgan fingerprint density at radius 1 is 0.543 bits per heavy atom.